The van der Waals surface area contributed by atoms with Crippen LogP contribution in [0.3, 0.4) is 0 Å². The van der Waals surface area contributed by atoms with E-state index < -0.39 is 17.8 Å². The summed E-state index contributed by atoms with van der Waals surface area (Å²) in [5.41, 5.74) is 0.911. The van der Waals surface area contributed by atoms with Crippen LogP contribution in [0.25, 0.3) is 0 Å². The smallest absolute Gasteiger partial charge is 0.416 e. The number of hydrogen-bond acceptors (Lipinski definition) is 5. The van der Waals surface area contributed by atoms with Gasteiger partial charge >= 0.3 is 6.18 Å². The SMILES string of the molecule is COc1cccc(COCC(O)CN2CCN(c3cccc(C(F)(F)F)c3)CC2)c1. The van der Waals surface area contributed by atoms with Gasteiger partial charge in [-0.1, -0.05) is 18.2 Å². The van der Waals surface area contributed by atoms with Gasteiger partial charge in [0.15, 0.2) is 0 Å². The molecule has 1 aliphatic rings. The third-order valence-electron chi connectivity index (χ3n) is 5.09. The maximum atomic E-state index is 12.9. The fourth-order valence-corrected chi connectivity index (χ4v) is 3.49. The van der Waals surface area contributed by atoms with E-state index in [1.54, 1.807) is 13.2 Å². The quantitative estimate of drug-likeness (QED) is 0.704. The van der Waals surface area contributed by atoms with Gasteiger partial charge < -0.3 is 19.5 Å². The normalized spacial score (nSPS) is 16.5. The van der Waals surface area contributed by atoms with E-state index in [4.69, 9.17) is 9.47 Å². The molecule has 0 spiro atoms. The number of methoxy groups -OCH3 is 1. The summed E-state index contributed by atoms with van der Waals surface area (Å²) in [6.45, 7) is 3.63. The topological polar surface area (TPSA) is 45.2 Å². The van der Waals surface area contributed by atoms with E-state index in [1.807, 2.05) is 29.2 Å². The van der Waals surface area contributed by atoms with Crippen molar-refractivity contribution < 1.29 is 27.8 Å². The molecule has 30 heavy (non-hydrogen) atoms. The molecule has 3 rings (SSSR count). The first-order valence-electron chi connectivity index (χ1n) is 9.88. The van der Waals surface area contributed by atoms with Crippen LogP contribution in [0.2, 0.25) is 0 Å². The summed E-state index contributed by atoms with van der Waals surface area (Å²) in [5.74, 6) is 0.760. The predicted octanol–water partition coefficient (Wildman–Crippen LogP) is 3.41. The minimum absolute atomic E-state index is 0.213. The lowest BCUT2D eigenvalue weighted by atomic mass is 10.1. The van der Waals surface area contributed by atoms with Gasteiger partial charge in [-0.15, -0.1) is 0 Å². The molecule has 1 saturated heterocycles. The van der Waals surface area contributed by atoms with Crippen LogP contribution in [-0.2, 0) is 17.5 Å². The molecule has 0 aliphatic carbocycles. The number of hydrogen-bond donors (Lipinski definition) is 1. The van der Waals surface area contributed by atoms with Crippen LogP contribution < -0.4 is 9.64 Å². The summed E-state index contributed by atoms with van der Waals surface area (Å²) in [4.78, 5) is 4.04. The Morgan fingerprint density at radius 1 is 1.03 bits per heavy atom. The Morgan fingerprint density at radius 2 is 1.77 bits per heavy atom. The van der Waals surface area contributed by atoms with Crippen LogP contribution in [0.1, 0.15) is 11.1 Å². The molecule has 1 unspecified atom stereocenters. The largest absolute Gasteiger partial charge is 0.497 e. The zero-order chi connectivity index (χ0) is 21.6. The highest BCUT2D eigenvalue weighted by Gasteiger charge is 2.31. The molecule has 5 nitrogen and oxygen atoms in total. The van der Waals surface area contributed by atoms with Crippen LogP contribution in [0.5, 0.6) is 5.75 Å². The van der Waals surface area contributed by atoms with Crippen molar-refractivity contribution in [3.05, 3.63) is 59.7 Å². The molecular weight excluding hydrogens is 397 g/mol. The maximum absolute atomic E-state index is 12.9. The minimum atomic E-state index is -4.34. The van der Waals surface area contributed by atoms with E-state index in [2.05, 4.69) is 4.90 Å². The number of halogens is 3. The van der Waals surface area contributed by atoms with Gasteiger partial charge in [0.2, 0.25) is 0 Å². The van der Waals surface area contributed by atoms with Gasteiger partial charge in [0.25, 0.3) is 0 Å². The maximum Gasteiger partial charge on any atom is 0.416 e. The van der Waals surface area contributed by atoms with E-state index in [0.717, 1.165) is 17.4 Å². The zero-order valence-electron chi connectivity index (χ0n) is 16.9. The van der Waals surface area contributed by atoms with Gasteiger partial charge in [-0.2, -0.15) is 13.2 Å². The summed E-state index contributed by atoms with van der Waals surface area (Å²) in [7, 11) is 1.61. The van der Waals surface area contributed by atoms with Crippen molar-refractivity contribution in [2.75, 3.05) is 51.3 Å². The van der Waals surface area contributed by atoms with Gasteiger partial charge in [-0.3, -0.25) is 4.90 Å². The average Bonchev–Trinajstić information content (AvgIpc) is 2.74. The lowest BCUT2D eigenvalue weighted by Crippen LogP contribution is -2.49. The summed E-state index contributed by atoms with van der Waals surface area (Å²) >= 11 is 0. The van der Waals surface area contributed by atoms with Gasteiger partial charge in [0.05, 0.1) is 32.0 Å². The van der Waals surface area contributed by atoms with Gasteiger partial charge in [0.1, 0.15) is 5.75 Å². The summed E-state index contributed by atoms with van der Waals surface area (Å²) in [6.07, 6.45) is -4.97. The van der Waals surface area contributed by atoms with E-state index in [1.165, 1.54) is 12.1 Å². The van der Waals surface area contributed by atoms with E-state index >= 15 is 0 Å². The van der Waals surface area contributed by atoms with Crippen molar-refractivity contribution in [2.45, 2.75) is 18.9 Å². The fraction of sp³-hybridized carbons (Fsp3) is 0.455. The van der Waals surface area contributed by atoms with E-state index in [9.17, 15) is 18.3 Å². The van der Waals surface area contributed by atoms with Gasteiger partial charge in [-0.05, 0) is 35.9 Å². The Balaban J connectivity index is 1.41. The third kappa shape index (κ3) is 6.35. The number of anilines is 1. The number of alkyl halides is 3. The predicted molar refractivity (Wildman–Crippen MR) is 109 cm³/mol. The fourth-order valence-electron chi connectivity index (χ4n) is 3.49. The number of benzene rings is 2. The number of aliphatic hydroxyl groups excluding tert-OH is 1. The highest BCUT2D eigenvalue weighted by atomic mass is 19.4. The first-order chi connectivity index (χ1) is 14.3. The molecule has 0 aromatic heterocycles. The Kier molecular flexibility index (Phi) is 7.58. The summed E-state index contributed by atoms with van der Waals surface area (Å²) in [5, 5.41) is 10.3. The van der Waals surface area contributed by atoms with E-state index in [0.29, 0.717) is 45.0 Å². The van der Waals surface area contributed by atoms with Crippen molar-refractivity contribution in [1.82, 2.24) is 4.90 Å². The van der Waals surface area contributed by atoms with Crippen molar-refractivity contribution in [3.63, 3.8) is 0 Å². The Labute approximate surface area is 174 Å². The number of rotatable bonds is 8. The lowest BCUT2D eigenvalue weighted by Gasteiger charge is -2.37. The molecule has 1 atom stereocenters. The molecule has 0 bridgehead atoms. The molecule has 0 amide bonds. The molecule has 1 fully saturated rings. The zero-order valence-corrected chi connectivity index (χ0v) is 16.9. The van der Waals surface area contributed by atoms with Crippen LogP contribution in [0.4, 0.5) is 18.9 Å². The second-order valence-electron chi connectivity index (χ2n) is 7.36. The number of β-amino-alcohol motifs (C(OH)–C–C–N with tert-alkyl or cyclic N) is 1. The molecule has 164 valence electrons. The number of ether oxygens (including phenoxy) is 2. The molecular formula is C22H27F3N2O3. The lowest BCUT2D eigenvalue weighted by molar-refractivity contribution is -0.137. The highest BCUT2D eigenvalue weighted by molar-refractivity contribution is 5.49. The second kappa shape index (κ2) is 10.1. The molecule has 1 heterocycles. The van der Waals surface area contributed by atoms with Crippen LogP contribution in [0, 0.1) is 0 Å². The standard InChI is InChI=1S/C22H27F3N2O3/c1-29-21-7-2-4-17(12-21)15-30-16-20(28)14-26-8-10-27(11-9-26)19-6-3-5-18(13-19)22(23,24)25/h2-7,12-13,20,28H,8-11,14-16H2,1H3. The molecule has 0 radical (unpaired) electrons. The van der Waals surface area contributed by atoms with Crippen molar-refractivity contribution >= 4 is 5.69 Å². The van der Waals surface area contributed by atoms with Crippen molar-refractivity contribution in [3.8, 4) is 5.75 Å². The van der Waals surface area contributed by atoms with Crippen molar-refractivity contribution in [2.24, 2.45) is 0 Å². The summed E-state index contributed by atoms with van der Waals surface area (Å²) in [6, 6.07) is 13.0. The van der Waals surface area contributed by atoms with Crippen molar-refractivity contribution in [1.29, 1.82) is 0 Å². The number of aliphatic hydroxyl groups is 1. The van der Waals surface area contributed by atoms with Crippen LogP contribution in [0.15, 0.2) is 48.5 Å². The number of nitrogens with zero attached hydrogens (tertiary/aromatic N) is 2. The molecule has 1 aliphatic heterocycles. The first kappa shape index (κ1) is 22.4. The highest BCUT2D eigenvalue weighted by Crippen LogP contribution is 2.31. The molecule has 2 aromatic rings. The first-order valence-corrected chi connectivity index (χ1v) is 9.88. The van der Waals surface area contributed by atoms with Gasteiger partial charge in [0, 0.05) is 38.4 Å². The summed E-state index contributed by atoms with van der Waals surface area (Å²) < 4.78 is 49.5. The minimum Gasteiger partial charge on any atom is -0.497 e. The molecule has 0 saturated carbocycles. The second-order valence-corrected chi connectivity index (χ2v) is 7.36. The van der Waals surface area contributed by atoms with E-state index in [-0.39, 0.29) is 6.61 Å². The number of piperazine rings is 1. The molecule has 8 heteroatoms. The third-order valence-corrected chi connectivity index (χ3v) is 5.09. The molecule has 1 N–H and O–H groups in total. The van der Waals surface area contributed by atoms with Gasteiger partial charge in [-0.25, -0.2) is 0 Å². The molecule has 2 aromatic carbocycles. The van der Waals surface area contributed by atoms with Crippen LogP contribution >= 0.6 is 0 Å². The Bertz CT molecular complexity index is 808. The average molecular weight is 424 g/mol. The van der Waals surface area contributed by atoms with Crippen LogP contribution in [-0.4, -0.2) is 62.6 Å². The Morgan fingerprint density at radius 3 is 2.47 bits per heavy atom. The Hall–Kier alpha value is -2.29. The monoisotopic (exact) mass is 424 g/mol.